The summed E-state index contributed by atoms with van der Waals surface area (Å²) in [6, 6.07) is 20.1. The van der Waals surface area contributed by atoms with Crippen LogP contribution < -0.4 is 10.0 Å². The van der Waals surface area contributed by atoms with E-state index >= 15 is 0 Å². The summed E-state index contributed by atoms with van der Waals surface area (Å²) < 4.78 is 27.7. The van der Waals surface area contributed by atoms with Gasteiger partial charge in [0.2, 0.25) is 5.91 Å². The Kier molecular flexibility index (Phi) is 7.67. The molecule has 0 aliphatic heterocycles. The van der Waals surface area contributed by atoms with Gasteiger partial charge in [0.15, 0.2) is 0 Å². The third kappa shape index (κ3) is 5.96. The van der Waals surface area contributed by atoms with Gasteiger partial charge >= 0.3 is 0 Å². The summed E-state index contributed by atoms with van der Waals surface area (Å²) in [7, 11) is -3.59. The second-order valence-electron chi connectivity index (χ2n) is 7.80. The van der Waals surface area contributed by atoms with Crippen LogP contribution in [0.4, 0.5) is 5.69 Å². The highest BCUT2D eigenvalue weighted by atomic mass is 32.2. The Morgan fingerprint density at radius 1 is 1.06 bits per heavy atom. The molecule has 3 rings (SSSR count). The summed E-state index contributed by atoms with van der Waals surface area (Å²) in [4.78, 5) is 12.6. The molecule has 2 aromatic carbocycles. The molecule has 8 heteroatoms. The molecule has 1 unspecified atom stereocenters. The van der Waals surface area contributed by atoms with E-state index in [-0.39, 0.29) is 22.6 Å². The lowest BCUT2D eigenvalue weighted by atomic mass is 9.88. The lowest BCUT2D eigenvalue weighted by Gasteiger charge is -2.19. The third-order valence-corrected chi connectivity index (χ3v) is 7.66. The fraction of sp³-hybridized carbons (Fsp3) is 0.250. The topological polar surface area (TPSA) is 99.1 Å². The van der Waals surface area contributed by atoms with Gasteiger partial charge in [0, 0.05) is 5.69 Å². The largest absolute Gasteiger partial charge is 0.342 e. The van der Waals surface area contributed by atoms with E-state index in [9.17, 15) is 13.2 Å². The van der Waals surface area contributed by atoms with Gasteiger partial charge < -0.3 is 5.32 Å². The number of amides is 1. The minimum Gasteiger partial charge on any atom is -0.342 e. The Morgan fingerprint density at radius 2 is 1.81 bits per heavy atom. The van der Waals surface area contributed by atoms with Crippen LogP contribution in [0.5, 0.6) is 0 Å². The molecule has 0 saturated heterocycles. The predicted molar refractivity (Wildman–Crippen MR) is 128 cm³/mol. The Balaban J connectivity index is 1.82. The molecule has 6 nitrogen and oxygen atoms in total. The maximum atomic E-state index is 12.6. The van der Waals surface area contributed by atoms with Crippen LogP contribution in [-0.4, -0.2) is 20.9 Å². The smallest absolute Gasteiger partial charge is 0.271 e. The van der Waals surface area contributed by atoms with Gasteiger partial charge in [-0.1, -0.05) is 56.3 Å². The molecule has 1 heterocycles. The van der Waals surface area contributed by atoms with E-state index in [1.165, 1.54) is 0 Å². The quantitative estimate of drug-likeness (QED) is 0.433. The number of hydrogen-bond donors (Lipinski definition) is 2. The molecule has 0 spiro atoms. The number of nitrogens with one attached hydrogen (secondary N) is 2. The molecule has 3 aromatic rings. The molecular formula is C24H25N3O3S2. The third-order valence-electron chi connectivity index (χ3n) is 4.88. The van der Waals surface area contributed by atoms with Crippen molar-refractivity contribution in [3.63, 3.8) is 0 Å². The molecule has 0 saturated carbocycles. The van der Waals surface area contributed by atoms with Crippen molar-refractivity contribution in [1.29, 1.82) is 5.26 Å². The van der Waals surface area contributed by atoms with Gasteiger partial charge in [-0.25, -0.2) is 8.42 Å². The summed E-state index contributed by atoms with van der Waals surface area (Å²) in [6.07, 6.45) is 0.671. The van der Waals surface area contributed by atoms with Gasteiger partial charge in [-0.2, -0.15) is 5.26 Å². The van der Waals surface area contributed by atoms with Crippen molar-refractivity contribution in [1.82, 2.24) is 5.32 Å². The average molecular weight is 468 g/mol. The van der Waals surface area contributed by atoms with Crippen LogP contribution in [0.2, 0.25) is 0 Å². The molecule has 32 heavy (non-hydrogen) atoms. The first-order valence-electron chi connectivity index (χ1n) is 10.2. The molecule has 166 valence electrons. The van der Waals surface area contributed by atoms with E-state index < -0.39 is 10.0 Å². The number of sulfonamides is 1. The SMILES string of the molecule is CC(C)CC(C(=O)NCC#N)c1cccc(-c2ccc(NS(=O)(=O)c3cccs3)cc2)c1. The summed E-state index contributed by atoms with van der Waals surface area (Å²) in [5.41, 5.74) is 3.20. The molecule has 1 aromatic heterocycles. The van der Waals surface area contributed by atoms with Crippen LogP contribution in [0.1, 0.15) is 31.7 Å². The van der Waals surface area contributed by atoms with Crippen molar-refractivity contribution in [2.45, 2.75) is 30.4 Å². The zero-order valence-electron chi connectivity index (χ0n) is 17.9. The van der Waals surface area contributed by atoms with Crippen molar-refractivity contribution in [2.75, 3.05) is 11.3 Å². The second kappa shape index (κ2) is 10.4. The van der Waals surface area contributed by atoms with Crippen LogP contribution in [0.15, 0.2) is 70.3 Å². The lowest BCUT2D eigenvalue weighted by molar-refractivity contribution is -0.122. The minimum atomic E-state index is -3.59. The van der Waals surface area contributed by atoms with Crippen LogP contribution in [-0.2, 0) is 14.8 Å². The van der Waals surface area contributed by atoms with Crippen LogP contribution >= 0.6 is 11.3 Å². The predicted octanol–water partition coefficient (Wildman–Crippen LogP) is 4.99. The van der Waals surface area contributed by atoms with Gasteiger partial charge in [0.1, 0.15) is 10.8 Å². The van der Waals surface area contributed by atoms with Gasteiger partial charge in [0.05, 0.1) is 12.0 Å². The molecule has 0 aliphatic carbocycles. The zero-order chi connectivity index (χ0) is 23.1. The van der Waals surface area contributed by atoms with E-state index in [2.05, 4.69) is 23.9 Å². The first-order chi connectivity index (χ1) is 15.3. The van der Waals surface area contributed by atoms with E-state index in [1.54, 1.807) is 29.6 Å². The van der Waals surface area contributed by atoms with Crippen molar-refractivity contribution in [3.05, 3.63) is 71.6 Å². The highest BCUT2D eigenvalue weighted by Crippen LogP contribution is 2.29. The number of thiophene rings is 1. The molecule has 0 fully saturated rings. The van der Waals surface area contributed by atoms with E-state index in [0.717, 1.165) is 28.0 Å². The monoisotopic (exact) mass is 467 g/mol. The number of benzene rings is 2. The highest BCUT2D eigenvalue weighted by molar-refractivity contribution is 7.94. The summed E-state index contributed by atoms with van der Waals surface area (Å²) in [6.45, 7) is 4.10. The van der Waals surface area contributed by atoms with E-state index in [1.807, 2.05) is 42.5 Å². The number of hydrogen-bond acceptors (Lipinski definition) is 5. The number of carbonyl (C=O) groups excluding carboxylic acids is 1. The number of rotatable bonds is 9. The van der Waals surface area contributed by atoms with Crippen molar-refractivity contribution >= 4 is 33.0 Å². The standard InChI is InChI=1S/C24H25N3O3S2/c1-17(2)15-22(24(28)26-13-12-25)20-6-3-5-19(16-20)18-8-10-21(11-9-18)27-32(29,30)23-7-4-14-31-23/h3-11,14,16-17,22,27H,13,15H2,1-2H3,(H,26,28). The zero-order valence-corrected chi connectivity index (χ0v) is 19.5. The fourth-order valence-electron chi connectivity index (χ4n) is 3.40. The molecule has 2 N–H and O–H groups in total. The van der Waals surface area contributed by atoms with Gasteiger partial charge in [-0.05, 0) is 52.6 Å². The molecule has 0 radical (unpaired) electrons. The van der Waals surface area contributed by atoms with Crippen LogP contribution in [0.25, 0.3) is 11.1 Å². The van der Waals surface area contributed by atoms with E-state index in [0.29, 0.717) is 18.0 Å². The van der Waals surface area contributed by atoms with Gasteiger partial charge in [-0.15, -0.1) is 11.3 Å². The van der Waals surface area contributed by atoms with Crippen LogP contribution in [0, 0.1) is 17.2 Å². The lowest BCUT2D eigenvalue weighted by Crippen LogP contribution is -2.30. The number of carbonyl (C=O) groups is 1. The number of nitrogens with zero attached hydrogens (tertiary/aromatic N) is 1. The molecular weight excluding hydrogens is 442 g/mol. The Bertz CT molecular complexity index is 1200. The highest BCUT2D eigenvalue weighted by Gasteiger charge is 2.22. The normalized spacial score (nSPS) is 12.2. The summed E-state index contributed by atoms with van der Waals surface area (Å²) >= 11 is 1.16. The maximum Gasteiger partial charge on any atom is 0.271 e. The fourth-order valence-corrected chi connectivity index (χ4v) is 5.45. The van der Waals surface area contributed by atoms with Gasteiger partial charge in [0.25, 0.3) is 10.0 Å². The van der Waals surface area contributed by atoms with Crippen molar-refractivity contribution in [3.8, 4) is 17.2 Å². The van der Waals surface area contributed by atoms with Gasteiger partial charge in [-0.3, -0.25) is 9.52 Å². The molecule has 1 amide bonds. The summed E-state index contributed by atoms with van der Waals surface area (Å²) in [5.74, 6) is -0.192. The maximum absolute atomic E-state index is 12.6. The molecule has 1 atom stereocenters. The second-order valence-corrected chi connectivity index (χ2v) is 10.7. The Labute approximate surface area is 193 Å². The van der Waals surface area contributed by atoms with E-state index in [4.69, 9.17) is 5.26 Å². The Hall–Kier alpha value is -3.15. The minimum absolute atomic E-state index is 0.0179. The molecule has 0 bridgehead atoms. The molecule has 0 aliphatic rings. The first-order valence-corrected chi connectivity index (χ1v) is 12.6. The van der Waals surface area contributed by atoms with Crippen LogP contribution in [0.3, 0.4) is 0 Å². The average Bonchev–Trinajstić information content (AvgIpc) is 3.32. The number of nitriles is 1. The van der Waals surface area contributed by atoms with Crippen molar-refractivity contribution in [2.24, 2.45) is 5.92 Å². The Morgan fingerprint density at radius 3 is 2.44 bits per heavy atom. The van der Waals surface area contributed by atoms with Crippen molar-refractivity contribution < 1.29 is 13.2 Å². The summed E-state index contributed by atoms with van der Waals surface area (Å²) in [5, 5.41) is 13.2. The first kappa shape index (κ1) is 23.5. The number of anilines is 1.